The number of rotatable bonds is 4. The summed E-state index contributed by atoms with van der Waals surface area (Å²) in [4.78, 5) is 82.2. The summed E-state index contributed by atoms with van der Waals surface area (Å²) in [7, 11) is 2.84. The molecule has 1 aromatic carbocycles. The molecule has 0 saturated heterocycles. The molecule has 13 heteroatoms. The van der Waals surface area contributed by atoms with Gasteiger partial charge >= 0.3 is 0 Å². The lowest BCUT2D eigenvalue weighted by atomic mass is 9.42. The van der Waals surface area contributed by atoms with Crippen LogP contribution in [-0.2, 0) is 35.8 Å². The average Bonchev–Trinajstić information content (AvgIpc) is 2.81. The van der Waals surface area contributed by atoms with Crippen LogP contribution >= 0.6 is 0 Å². The number of amides is 1. The second kappa shape index (κ2) is 9.34. The second-order valence-electron chi connectivity index (χ2n) is 13.2. The van der Waals surface area contributed by atoms with Crippen LogP contribution in [0.5, 0.6) is 5.75 Å². The number of hydrogen-bond acceptors (Lipinski definition) is 12. The third-order valence-corrected chi connectivity index (χ3v) is 9.21. The van der Waals surface area contributed by atoms with Crippen LogP contribution in [0.3, 0.4) is 0 Å². The van der Waals surface area contributed by atoms with E-state index in [0.717, 1.165) is 0 Å². The number of phenols is 1. The first-order valence-corrected chi connectivity index (χ1v) is 13.4. The number of aromatic hydroxyl groups is 1. The van der Waals surface area contributed by atoms with E-state index in [4.69, 9.17) is 22.9 Å². The van der Waals surface area contributed by atoms with E-state index in [1.807, 2.05) is 0 Å². The van der Waals surface area contributed by atoms with Crippen LogP contribution in [-0.4, -0.2) is 76.0 Å². The maximum Gasteiger partial charge on any atom is 0.235 e. The van der Waals surface area contributed by atoms with Crippen LogP contribution in [0.1, 0.15) is 67.2 Å². The van der Waals surface area contributed by atoms with Crippen molar-refractivity contribution in [2.24, 2.45) is 40.2 Å². The van der Waals surface area contributed by atoms with Gasteiger partial charge in [-0.05, 0) is 56.5 Å². The Morgan fingerprint density at radius 1 is 1.14 bits per heavy atom. The molecule has 9 N–H and O–H groups in total. The van der Waals surface area contributed by atoms with Crippen molar-refractivity contribution in [1.29, 1.82) is 5.26 Å². The molecule has 3 unspecified atom stereocenters. The highest BCUT2D eigenvalue weighted by molar-refractivity contribution is 6.33. The van der Waals surface area contributed by atoms with E-state index >= 15 is 0 Å². The number of nitrogens with two attached hydrogens (primary N) is 4. The number of benzene rings is 1. The van der Waals surface area contributed by atoms with Crippen LogP contribution in [0.25, 0.3) is 0 Å². The van der Waals surface area contributed by atoms with Gasteiger partial charge in [0, 0.05) is 11.1 Å². The number of nitrogens with zero attached hydrogens (tertiary/aromatic N) is 2. The number of primary amides is 1. The van der Waals surface area contributed by atoms with Gasteiger partial charge in [-0.1, -0.05) is 20.8 Å². The Hall–Kier alpha value is -3.83. The van der Waals surface area contributed by atoms with Crippen molar-refractivity contribution < 1.29 is 33.9 Å². The average molecular weight is 581 g/mol. The van der Waals surface area contributed by atoms with E-state index in [9.17, 15) is 39.1 Å². The summed E-state index contributed by atoms with van der Waals surface area (Å²) in [6.45, 7) is 6.56. The zero-order valence-corrected chi connectivity index (χ0v) is 24.4. The fourth-order valence-corrected chi connectivity index (χ4v) is 7.37. The molecule has 2 saturated carbocycles. The third kappa shape index (κ3) is 3.75. The van der Waals surface area contributed by atoms with Crippen molar-refractivity contribution in [1.82, 2.24) is 4.90 Å². The quantitative estimate of drug-likeness (QED) is 0.260. The third-order valence-electron chi connectivity index (χ3n) is 9.21. The Labute approximate surface area is 242 Å². The smallest absolute Gasteiger partial charge is 0.235 e. The Kier molecular flexibility index (Phi) is 6.92. The topological polar surface area (TPSA) is 254 Å². The molecule has 7 atom stereocenters. The minimum Gasteiger partial charge on any atom is -0.507 e. The summed E-state index contributed by atoms with van der Waals surface area (Å²) in [5, 5.41) is 21.9. The molecule has 0 heterocycles. The molecule has 3 aliphatic carbocycles. The molecule has 0 spiro atoms. The first-order chi connectivity index (χ1) is 19.1. The minimum atomic E-state index is -2.84. The number of Topliss-reactive ketones (excluding diaryl/α,β-unsaturated/α-hetero) is 5. The van der Waals surface area contributed by atoms with Gasteiger partial charge in [0.05, 0.1) is 29.3 Å². The van der Waals surface area contributed by atoms with Crippen LogP contribution in [0.2, 0.25) is 0 Å². The Bertz CT molecular complexity index is 1540. The molecule has 42 heavy (non-hydrogen) atoms. The SMILES string of the molecule is CC(=O)C(N)c1cc(C(C)(C)C)c(O)c2c1C[C@@]1(N)C[C@@]3(N)[C@H](N(C)C)C(=O)C(C(N)=O)C(=O)[C@@]3(C#N)C(=O)C1C2=O. The van der Waals surface area contributed by atoms with Crippen molar-refractivity contribution in [2.45, 2.75) is 69.1 Å². The number of likely N-dealkylation sites (N-methyl/N-ethyl adjacent to an activating group) is 1. The second-order valence-corrected chi connectivity index (χ2v) is 13.2. The van der Waals surface area contributed by atoms with Crippen molar-refractivity contribution >= 4 is 34.8 Å². The standard InChI is InChI=1S/C29H36N6O7/c1-11(36)18(31)12-7-14(26(2,3)4)19(37)15-13(12)8-27(33)9-29(34)22(35(5)6)21(39)16(25(32)42)23(40)28(29,10-30)24(41)17(27)20(15)38/h7,16-18,22,37H,8-9,31,33-34H2,1-6H3,(H2,32,42)/t16?,17?,18?,22-,27-,28+,29-/m1/s1. The van der Waals surface area contributed by atoms with Crippen molar-refractivity contribution in [3.05, 3.63) is 28.3 Å². The monoisotopic (exact) mass is 580 g/mol. The lowest BCUT2D eigenvalue weighted by molar-refractivity contribution is -0.166. The molecule has 1 amide bonds. The molecule has 3 aliphatic rings. The van der Waals surface area contributed by atoms with Gasteiger partial charge in [0.15, 0.2) is 40.2 Å². The largest absolute Gasteiger partial charge is 0.507 e. The number of nitriles is 1. The number of carbonyl (C=O) groups is 6. The summed E-state index contributed by atoms with van der Waals surface area (Å²) < 4.78 is 0. The summed E-state index contributed by atoms with van der Waals surface area (Å²) in [6, 6.07) is 0.484. The van der Waals surface area contributed by atoms with Gasteiger partial charge < -0.3 is 28.0 Å². The van der Waals surface area contributed by atoms with Crippen molar-refractivity contribution in [2.75, 3.05) is 14.1 Å². The summed E-state index contributed by atoms with van der Waals surface area (Å²) >= 11 is 0. The van der Waals surface area contributed by atoms with Crippen LogP contribution in [0.4, 0.5) is 0 Å². The normalized spacial score (nSPS) is 33.4. The van der Waals surface area contributed by atoms with Crippen LogP contribution in [0, 0.1) is 28.6 Å². The molecule has 0 radical (unpaired) electrons. The molecule has 4 rings (SSSR count). The predicted molar refractivity (Wildman–Crippen MR) is 148 cm³/mol. The fraction of sp³-hybridized carbons (Fsp3) is 0.552. The molecule has 2 fully saturated rings. The molecule has 1 aromatic rings. The van der Waals surface area contributed by atoms with Gasteiger partial charge in [0.2, 0.25) is 5.91 Å². The Morgan fingerprint density at radius 3 is 2.17 bits per heavy atom. The Balaban J connectivity index is 2.09. The molecule has 13 nitrogen and oxygen atoms in total. The van der Waals surface area contributed by atoms with Gasteiger partial charge in [-0.15, -0.1) is 0 Å². The number of phenolic OH excluding ortho intramolecular Hbond substituents is 1. The van der Waals surface area contributed by atoms with E-state index in [-0.39, 0.29) is 28.7 Å². The number of ketones is 5. The summed E-state index contributed by atoms with van der Waals surface area (Å²) in [5.74, 6) is -10.9. The maximum absolute atomic E-state index is 14.5. The highest BCUT2D eigenvalue weighted by atomic mass is 16.3. The van der Waals surface area contributed by atoms with Gasteiger partial charge in [0.25, 0.3) is 0 Å². The molecular formula is C29H36N6O7. The highest BCUT2D eigenvalue weighted by Crippen LogP contribution is 2.57. The molecule has 0 aliphatic heterocycles. The lowest BCUT2D eigenvalue weighted by Crippen LogP contribution is -2.85. The zero-order chi connectivity index (χ0) is 32.1. The van der Waals surface area contributed by atoms with E-state index in [0.29, 0.717) is 0 Å². The molecular weight excluding hydrogens is 544 g/mol. The van der Waals surface area contributed by atoms with E-state index in [1.165, 1.54) is 32.0 Å². The lowest BCUT2D eigenvalue weighted by Gasteiger charge is -2.60. The predicted octanol–water partition coefficient (Wildman–Crippen LogP) is -1.31. The first kappa shape index (κ1) is 31.1. The maximum atomic E-state index is 14.5. The number of hydrogen-bond donors (Lipinski definition) is 5. The zero-order valence-electron chi connectivity index (χ0n) is 24.4. The van der Waals surface area contributed by atoms with Crippen LogP contribution < -0.4 is 22.9 Å². The van der Waals surface area contributed by atoms with Crippen molar-refractivity contribution in [3.8, 4) is 11.8 Å². The number of fused-ring (bicyclic) bond motifs is 3. The van der Waals surface area contributed by atoms with Gasteiger partial charge in [0.1, 0.15) is 11.7 Å². The number of carbonyl (C=O) groups excluding carboxylic acids is 6. The minimum absolute atomic E-state index is 0.137. The molecule has 0 aromatic heterocycles. The first-order valence-electron chi connectivity index (χ1n) is 13.4. The molecule has 224 valence electrons. The van der Waals surface area contributed by atoms with E-state index in [1.54, 1.807) is 26.8 Å². The fourth-order valence-electron chi connectivity index (χ4n) is 7.37. The van der Waals surface area contributed by atoms with Crippen LogP contribution in [0.15, 0.2) is 6.07 Å². The van der Waals surface area contributed by atoms with Gasteiger partial charge in [-0.3, -0.25) is 33.7 Å². The van der Waals surface area contributed by atoms with Crippen molar-refractivity contribution in [3.63, 3.8) is 0 Å². The molecule has 0 bridgehead atoms. The van der Waals surface area contributed by atoms with Gasteiger partial charge in [-0.25, -0.2) is 0 Å². The summed E-state index contributed by atoms with van der Waals surface area (Å²) in [5.41, 5.74) is 18.0. The highest BCUT2D eigenvalue weighted by Gasteiger charge is 2.78. The Morgan fingerprint density at radius 2 is 1.71 bits per heavy atom. The van der Waals surface area contributed by atoms with E-state index < -0.39 is 92.8 Å². The van der Waals surface area contributed by atoms with E-state index in [2.05, 4.69) is 0 Å². The van der Waals surface area contributed by atoms with Gasteiger partial charge in [-0.2, -0.15) is 5.26 Å². The summed E-state index contributed by atoms with van der Waals surface area (Å²) in [6.07, 6.45) is -0.863.